The van der Waals surface area contributed by atoms with E-state index in [-0.39, 0.29) is 0 Å². The van der Waals surface area contributed by atoms with E-state index in [1.165, 1.54) is 0 Å². The van der Waals surface area contributed by atoms with Gasteiger partial charge in [0.15, 0.2) is 0 Å². The van der Waals surface area contributed by atoms with Gasteiger partial charge in [-0.2, -0.15) is 0 Å². The Balaban J connectivity index is 2.04. The fraction of sp³-hybridized carbons (Fsp3) is 0.500. The monoisotopic (exact) mass is 359 g/mol. The largest absolute Gasteiger partial charge is 0.378 e. The molecule has 1 aromatic heterocycles. The van der Waals surface area contributed by atoms with Crippen LogP contribution in [0.15, 0.2) is 22.7 Å². The Morgan fingerprint density at radius 1 is 1.35 bits per heavy atom. The van der Waals surface area contributed by atoms with Crippen LogP contribution in [0.1, 0.15) is 5.82 Å². The number of halogens is 2. The Morgan fingerprint density at radius 2 is 2.15 bits per heavy atom. The molecule has 110 valence electrons. The van der Waals surface area contributed by atoms with Crippen molar-refractivity contribution in [1.29, 1.82) is 0 Å². The molecule has 0 atom stereocenters. The Labute approximate surface area is 132 Å². The van der Waals surface area contributed by atoms with E-state index >= 15 is 0 Å². The zero-order valence-corrected chi connectivity index (χ0v) is 14.1. The van der Waals surface area contributed by atoms with Crippen LogP contribution in [0.25, 0.3) is 11.0 Å². The average molecular weight is 361 g/mol. The Hall–Kier alpha value is -0.620. The minimum atomic E-state index is 0.407. The van der Waals surface area contributed by atoms with Gasteiger partial charge in [-0.1, -0.05) is 15.9 Å². The first-order valence-electron chi connectivity index (χ1n) is 6.55. The molecule has 1 heterocycles. The number of hydrogen-bond donors (Lipinski definition) is 0. The van der Waals surface area contributed by atoms with Crippen LogP contribution in [0.5, 0.6) is 0 Å². The van der Waals surface area contributed by atoms with E-state index in [1.54, 1.807) is 0 Å². The van der Waals surface area contributed by atoms with Crippen molar-refractivity contribution in [1.82, 2.24) is 14.5 Å². The molecule has 0 radical (unpaired) electrons. The lowest BCUT2D eigenvalue weighted by molar-refractivity contribution is 0.111. The Kier molecular flexibility index (Phi) is 5.84. The van der Waals surface area contributed by atoms with E-state index in [9.17, 15) is 0 Å². The smallest absolute Gasteiger partial charge is 0.124 e. The predicted octanol–water partition coefficient (Wildman–Crippen LogP) is 3.12. The highest BCUT2D eigenvalue weighted by atomic mass is 79.9. The molecule has 0 spiro atoms. The topological polar surface area (TPSA) is 30.3 Å². The summed E-state index contributed by atoms with van der Waals surface area (Å²) in [5.74, 6) is 1.29. The third-order valence-corrected chi connectivity index (χ3v) is 3.78. The molecule has 0 bridgehead atoms. The lowest BCUT2D eigenvalue weighted by Gasteiger charge is -2.11. The number of aromatic nitrogens is 2. The molecular weight excluding hydrogens is 342 g/mol. The van der Waals surface area contributed by atoms with E-state index in [0.717, 1.165) is 41.0 Å². The van der Waals surface area contributed by atoms with Crippen molar-refractivity contribution in [2.45, 2.75) is 12.4 Å². The fourth-order valence-corrected chi connectivity index (χ4v) is 2.56. The number of hydrogen-bond acceptors (Lipinski definition) is 3. The van der Waals surface area contributed by atoms with Crippen molar-refractivity contribution in [3.8, 4) is 0 Å². The van der Waals surface area contributed by atoms with Crippen LogP contribution in [-0.4, -0.2) is 48.3 Å². The number of benzene rings is 1. The van der Waals surface area contributed by atoms with Gasteiger partial charge in [-0.25, -0.2) is 4.98 Å². The maximum absolute atomic E-state index is 5.98. The molecule has 0 saturated heterocycles. The van der Waals surface area contributed by atoms with E-state index in [2.05, 4.69) is 36.4 Å². The summed E-state index contributed by atoms with van der Waals surface area (Å²) in [5.41, 5.74) is 2.06. The van der Waals surface area contributed by atoms with E-state index in [0.29, 0.717) is 12.5 Å². The number of fused-ring (bicyclic) bond motifs is 1. The lowest BCUT2D eigenvalue weighted by atomic mass is 10.3. The van der Waals surface area contributed by atoms with Gasteiger partial charge in [0, 0.05) is 17.6 Å². The molecule has 0 fully saturated rings. The number of nitrogens with zero attached hydrogens (tertiary/aromatic N) is 3. The van der Waals surface area contributed by atoms with Crippen molar-refractivity contribution in [2.75, 3.05) is 33.9 Å². The van der Waals surface area contributed by atoms with Gasteiger partial charge in [0.1, 0.15) is 5.82 Å². The number of alkyl halides is 1. The van der Waals surface area contributed by atoms with E-state index in [4.69, 9.17) is 16.3 Å². The normalized spacial score (nSPS) is 11.7. The van der Waals surface area contributed by atoms with Crippen LogP contribution in [0.3, 0.4) is 0 Å². The fourth-order valence-electron chi connectivity index (χ4n) is 2.01. The minimum absolute atomic E-state index is 0.407. The van der Waals surface area contributed by atoms with Crippen LogP contribution in [0.2, 0.25) is 0 Å². The molecule has 4 nitrogen and oxygen atoms in total. The summed E-state index contributed by atoms with van der Waals surface area (Å²) in [5, 5.41) is 0. The first-order chi connectivity index (χ1) is 9.61. The molecule has 2 aromatic rings. The second kappa shape index (κ2) is 7.41. The standard InChI is InChI=1S/C14H19BrClN3O/c1-18(2)5-7-20-8-6-19-13-4-3-11(15)9-12(13)17-14(19)10-16/h3-4,9H,5-8,10H2,1-2H3. The number of likely N-dealkylation sites (N-methyl/N-ethyl adjacent to an activating group) is 1. The summed E-state index contributed by atoms with van der Waals surface area (Å²) in [6.45, 7) is 3.11. The van der Waals surface area contributed by atoms with Crippen molar-refractivity contribution in [3.05, 3.63) is 28.5 Å². The highest BCUT2D eigenvalue weighted by molar-refractivity contribution is 9.10. The van der Waals surface area contributed by atoms with Crippen LogP contribution >= 0.6 is 27.5 Å². The van der Waals surface area contributed by atoms with Crippen molar-refractivity contribution in [3.63, 3.8) is 0 Å². The van der Waals surface area contributed by atoms with Gasteiger partial charge in [-0.3, -0.25) is 0 Å². The predicted molar refractivity (Wildman–Crippen MR) is 86.4 cm³/mol. The zero-order valence-electron chi connectivity index (χ0n) is 11.8. The van der Waals surface area contributed by atoms with Crippen LogP contribution in [0, 0.1) is 0 Å². The zero-order chi connectivity index (χ0) is 14.5. The van der Waals surface area contributed by atoms with Crippen molar-refractivity contribution in [2.24, 2.45) is 0 Å². The highest BCUT2D eigenvalue weighted by Crippen LogP contribution is 2.21. The van der Waals surface area contributed by atoms with Gasteiger partial charge < -0.3 is 14.2 Å². The second-order valence-corrected chi connectivity index (χ2v) is 6.04. The van der Waals surface area contributed by atoms with Crippen LogP contribution in [-0.2, 0) is 17.2 Å². The molecule has 0 N–H and O–H groups in total. The molecule has 0 amide bonds. The molecule has 6 heteroatoms. The molecule has 20 heavy (non-hydrogen) atoms. The molecule has 2 rings (SSSR count). The summed E-state index contributed by atoms with van der Waals surface area (Å²) in [4.78, 5) is 6.66. The van der Waals surface area contributed by atoms with Gasteiger partial charge in [0.2, 0.25) is 0 Å². The summed E-state index contributed by atoms with van der Waals surface area (Å²) in [6, 6.07) is 6.09. The molecule has 0 aliphatic heterocycles. The van der Waals surface area contributed by atoms with E-state index in [1.807, 2.05) is 26.2 Å². The van der Waals surface area contributed by atoms with Gasteiger partial charge >= 0.3 is 0 Å². The van der Waals surface area contributed by atoms with E-state index < -0.39 is 0 Å². The number of imidazole rings is 1. The Morgan fingerprint density at radius 3 is 2.85 bits per heavy atom. The first-order valence-corrected chi connectivity index (χ1v) is 7.87. The second-order valence-electron chi connectivity index (χ2n) is 4.86. The summed E-state index contributed by atoms with van der Waals surface area (Å²) < 4.78 is 8.80. The summed E-state index contributed by atoms with van der Waals surface area (Å²) in [7, 11) is 4.08. The molecule has 1 aromatic carbocycles. The highest BCUT2D eigenvalue weighted by Gasteiger charge is 2.09. The maximum atomic E-state index is 5.98. The quantitative estimate of drug-likeness (QED) is 0.561. The third-order valence-electron chi connectivity index (χ3n) is 3.05. The van der Waals surface area contributed by atoms with Gasteiger partial charge in [0.25, 0.3) is 0 Å². The van der Waals surface area contributed by atoms with Gasteiger partial charge in [-0.15, -0.1) is 11.6 Å². The van der Waals surface area contributed by atoms with Crippen molar-refractivity contribution >= 4 is 38.6 Å². The third kappa shape index (κ3) is 3.95. The van der Waals surface area contributed by atoms with Crippen molar-refractivity contribution < 1.29 is 4.74 Å². The molecular formula is C14H19BrClN3O. The van der Waals surface area contributed by atoms with Crippen LogP contribution in [0.4, 0.5) is 0 Å². The maximum Gasteiger partial charge on any atom is 0.124 e. The molecule has 0 saturated carbocycles. The SMILES string of the molecule is CN(C)CCOCCn1c(CCl)nc2cc(Br)ccc21. The lowest BCUT2D eigenvalue weighted by Crippen LogP contribution is -2.19. The molecule has 0 unspecified atom stereocenters. The number of ether oxygens (including phenoxy) is 1. The van der Waals surface area contributed by atoms with Crippen LogP contribution < -0.4 is 0 Å². The minimum Gasteiger partial charge on any atom is -0.378 e. The molecule has 0 aliphatic carbocycles. The van der Waals surface area contributed by atoms with Gasteiger partial charge in [-0.05, 0) is 32.3 Å². The van der Waals surface area contributed by atoms with Gasteiger partial charge in [0.05, 0.1) is 30.1 Å². The summed E-state index contributed by atoms with van der Waals surface area (Å²) in [6.07, 6.45) is 0. The molecule has 0 aliphatic rings. The Bertz CT molecular complexity index is 571. The first kappa shape index (κ1) is 15.8. The summed E-state index contributed by atoms with van der Waals surface area (Å²) >= 11 is 9.45. The number of rotatable bonds is 7. The average Bonchev–Trinajstić information content (AvgIpc) is 2.75.